The van der Waals surface area contributed by atoms with Crippen LogP contribution in [0.1, 0.15) is 38.7 Å². The van der Waals surface area contributed by atoms with Crippen molar-refractivity contribution in [3.63, 3.8) is 0 Å². The molecule has 2 unspecified atom stereocenters. The van der Waals surface area contributed by atoms with Gasteiger partial charge in [-0.1, -0.05) is 19.1 Å². The van der Waals surface area contributed by atoms with Crippen molar-refractivity contribution in [2.24, 2.45) is 5.92 Å². The van der Waals surface area contributed by atoms with Crippen molar-refractivity contribution >= 4 is 0 Å². The van der Waals surface area contributed by atoms with Gasteiger partial charge in [0, 0.05) is 19.6 Å². The van der Waals surface area contributed by atoms with Crippen molar-refractivity contribution in [1.82, 2.24) is 4.90 Å². The molecule has 1 aliphatic heterocycles. The first-order valence-corrected chi connectivity index (χ1v) is 8.20. The lowest BCUT2D eigenvalue weighted by Gasteiger charge is -2.46. The summed E-state index contributed by atoms with van der Waals surface area (Å²) in [7, 11) is 1.72. The van der Waals surface area contributed by atoms with Crippen LogP contribution < -0.4 is 4.74 Å². The topological polar surface area (TPSA) is 21.7 Å². The number of hydrogen-bond donors (Lipinski definition) is 0. The number of morpholine rings is 1. The van der Waals surface area contributed by atoms with Crippen molar-refractivity contribution in [3.05, 3.63) is 29.8 Å². The van der Waals surface area contributed by atoms with Gasteiger partial charge in [0.1, 0.15) is 11.4 Å². The van der Waals surface area contributed by atoms with E-state index in [0.29, 0.717) is 0 Å². The van der Waals surface area contributed by atoms with Crippen LogP contribution in [-0.2, 0) is 10.3 Å². The van der Waals surface area contributed by atoms with E-state index in [4.69, 9.17) is 9.47 Å². The molecular formula is C18H27NO2. The van der Waals surface area contributed by atoms with E-state index in [1.54, 1.807) is 7.11 Å². The highest BCUT2D eigenvalue weighted by Crippen LogP contribution is 2.38. The predicted octanol–water partition coefficient (Wildman–Crippen LogP) is 3.43. The van der Waals surface area contributed by atoms with Gasteiger partial charge < -0.3 is 9.47 Å². The molecule has 116 valence electrons. The molecule has 1 aromatic rings. The van der Waals surface area contributed by atoms with E-state index >= 15 is 0 Å². The third kappa shape index (κ3) is 3.24. The van der Waals surface area contributed by atoms with Crippen molar-refractivity contribution in [1.29, 1.82) is 0 Å². The first kappa shape index (κ1) is 14.9. The molecule has 3 nitrogen and oxygen atoms in total. The van der Waals surface area contributed by atoms with Gasteiger partial charge in [-0.2, -0.15) is 0 Å². The van der Waals surface area contributed by atoms with E-state index in [1.165, 1.54) is 24.9 Å². The molecule has 0 amide bonds. The van der Waals surface area contributed by atoms with Crippen LogP contribution in [0.4, 0.5) is 0 Å². The fraction of sp³-hybridized carbons (Fsp3) is 0.667. The minimum absolute atomic E-state index is 0.193. The van der Waals surface area contributed by atoms with Gasteiger partial charge in [0.05, 0.1) is 13.2 Å². The van der Waals surface area contributed by atoms with Gasteiger partial charge in [0.2, 0.25) is 0 Å². The zero-order chi connectivity index (χ0) is 14.9. The summed E-state index contributed by atoms with van der Waals surface area (Å²) >= 11 is 0. The van der Waals surface area contributed by atoms with E-state index in [0.717, 1.165) is 31.2 Å². The van der Waals surface area contributed by atoms with E-state index < -0.39 is 0 Å². The Balaban J connectivity index is 1.85. The van der Waals surface area contributed by atoms with E-state index in [2.05, 4.69) is 36.9 Å². The van der Waals surface area contributed by atoms with Crippen LogP contribution in [0.25, 0.3) is 0 Å². The molecule has 2 atom stereocenters. The van der Waals surface area contributed by atoms with Crippen molar-refractivity contribution in [2.75, 3.05) is 26.7 Å². The summed E-state index contributed by atoms with van der Waals surface area (Å²) in [6, 6.07) is 8.39. The molecule has 0 N–H and O–H groups in total. The Morgan fingerprint density at radius 1 is 1.38 bits per heavy atom. The van der Waals surface area contributed by atoms with Crippen LogP contribution in [0.15, 0.2) is 24.3 Å². The largest absolute Gasteiger partial charge is 0.497 e. The Bertz CT molecular complexity index is 484. The van der Waals surface area contributed by atoms with Gasteiger partial charge in [-0.05, 0) is 49.8 Å². The summed E-state index contributed by atoms with van der Waals surface area (Å²) in [5, 5.41) is 0. The quantitative estimate of drug-likeness (QED) is 0.829. The summed E-state index contributed by atoms with van der Waals surface area (Å²) in [4.78, 5) is 2.61. The average molecular weight is 289 g/mol. The number of rotatable bonds is 5. The van der Waals surface area contributed by atoms with Crippen LogP contribution in [0.5, 0.6) is 5.75 Å². The highest BCUT2D eigenvalue weighted by atomic mass is 16.5. The molecular weight excluding hydrogens is 262 g/mol. The first-order valence-electron chi connectivity index (χ1n) is 8.20. The molecule has 0 radical (unpaired) electrons. The van der Waals surface area contributed by atoms with Crippen LogP contribution >= 0.6 is 0 Å². The first-order chi connectivity index (χ1) is 10.1. The maximum absolute atomic E-state index is 6.44. The minimum Gasteiger partial charge on any atom is -0.497 e. The molecule has 1 aliphatic carbocycles. The van der Waals surface area contributed by atoms with Crippen LogP contribution in [-0.4, -0.2) is 37.7 Å². The second kappa shape index (κ2) is 5.98. The molecule has 0 bridgehead atoms. The molecule has 1 saturated heterocycles. The SMILES string of the molecule is CCC1(c2cccc(OC)c2)CN(CC2CC2)CC(C)O1. The second-order valence-electron chi connectivity index (χ2n) is 6.65. The molecule has 0 spiro atoms. The normalized spacial score (nSPS) is 30.3. The number of ether oxygens (including phenoxy) is 2. The van der Waals surface area contributed by atoms with Crippen molar-refractivity contribution in [3.8, 4) is 5.75 Å². The number of benzene rings is 1. The lowest BCUT2D eigenvalue weighted by atomic mass is 9.88. The zero-order valence-electron chi connectivity index (χ0n) is 13.5. The standard InChI is InChI=1S/C18H27NO2/c1-4-18(16-6-5-7-17(10-16)20-3)13-19(11-14(2)21-18)12-15-8-9-15/h5-7,10,14-15H,4,8-9,11-13H2,1-3H3. The maximum Gasteiger partial charge on any atom is 0.119 e. The molecule has 0 aromatic heterocycles. The summed E-state index contributed by atoms with van der Waals surface area (Å²) < 4.78 is 11.8. The Morgan fingerprint density at radius 2 is 2.19 bits per heavy atom. The van der Waals surface area contributed by atoms with Gasteiger partial charge in [-0.3, -0.25) is 4.90 Å². The zero-order valence-corrected chi connectivity index (χ0v) is 13.5. The molecule has 1 saturated carbocycles. The Hall–Kier alpha value is -1.06. The third-order valence-electron chi connectivity index (χ3n) is 4.80. The van der Waals surface area contributed by atoms with Crippen LogP contribution in [0, 0.1) is 5.92 Å². The Morgan fingerprint density at radius 3 is 2.86 bits per heavy atom. The number of hydrogen-bond acceptors (Lipinski definition) is 3. The van der Waals surface area contributed by atoms with Gasteiger partial charge in [-0.15, -0.1) is 0 Å². The minimum atomic E-state index is -0.193. The highest BCUT2D eigenvalue weighted by molar-refractivity contribution is 5.33. The Kier molecular flexibility index (Phi) is 4.23. The second-order valence-corrected chi connectivity index (χ2v) is 6.65. The highest BCUT2D eigenvalue weighted by Gasteiger charge is 2.41. The van der Waals surface area contributed by atoms with Gasteiger partial charge in [-0.25, -0.2) is 0 Å². The molecule has 3 rings (SSSR count). The van der Waals surface area contributed by atoms with Crippen molar-refractivity contribution < 1.29 is 9.47 Å². The third-order valence-corrected chi connectivity index (χ3v) is 4.80. The Labute approximate surface area is 128 Å². The molecule has 2 aliphatic rings. The molecule has 3 heteroatoms. The summed E-state index contributed by atoms with van der Waals surface area (Å²) in [5.74, 6) is 1.84. The summed E-state index contributed by atoms with van der Waals surface area (Å²) in [6.45, 7) is 7.72. The van der Waals surface area contributed by atoms with Crippen molar-refractivity contribution in [2.45, 2.75) is 44.8 Å². The van der Waals surface area contributed by atoms with Gasteiger partial charge in [0.25, 0.3) is 0 Å². The van der Waals surface area contributed by atoms with Crippen LogP contribution in [0.3, 0.4) is 0 Å². The van der Waals surface area contributed by atoms with Crippen LogP contribution in [0.2, 0.25) is 0 Å². The lowest BCUT2D eigenvalue weighted by Crippen LogP contribution is -2.53. The summed E-state index contributed by atoms with van der Waals surface area (Å²) in [6.07, 6.45) is 4.09. The molecule has 1 aromatic carbocycles. The van der Waals surface area contributed by atoms with E-state index in [-0.39, 0.29) is 11.7 Å². The van der Waals surface area contributed by atoms with Gasteiger partial charge in [0.15, 0.2) is 0 Å². The fourth-order valence-corrected chi connectivity index (χ4v) is 3.52. The van der Waals surface area contributed by atoms with E-state index in [1.807, 2.05) is 6.07 Å². The molecule has 21 heavy (non-hydrogen) atoms. The number of methoxy groups -OCH3 is 1. The smallest absolute Gasteiger partial charge is 0.119 e. The van der Waals surface area contributed by atoms with Gasteiger partial charge >= 0.3 is 0 Å². The van der Waals surface area contributed by atoms with E-state index in [9.17, 15) is 0 Å². The summed E-state index contributed by atoms with van der Waals surface area (Å²) in [5.41, 5.74) is 1.05. The lowest BCUT2D eigenvalue weighted by molar-refractivity contribution is -0.157. The molecule has 2 fully saturated rings. The average Bonchev–Trinajstić information content (AvgIpc) is 3.30. The monoisotopic (exact) mass is 289 g/mol. The number of nitrogens with zero attached hydrogens (tertiary/aromatic N) is 1. The predicted molar refractivity (Wildman–Crippen MR) is 84.7 cm³/mol. The maximum atomic E-state index is 6.44. The fourth-order valence-electron chi connectivity index (χ4n) is 3.52. The molecule has 1 heterocycles.